The van der Waals surface area contributed by atoms with Crippen LogP contribution in [0.2, 0.25) is 0 Å². The first-order chi connectivity index (χ1) is 9.90. The Labute approximate surface area is 123 Å². The smallest absolute Gasteiger partial charge is 0.326 e. The summed E-state index contributed by atoms with van der Waals surface area (Å²) in [6, 6.07) is 4.47. The molecular weight excluding hydrogens is 275 g/mol. The predicted molar refractivity (Wildman–Crippen MR) is 75.6 cm³/mol. The first-order valence-electron chi connectivity index (χ1n) is 6.86. The largest absolute Gasteiger partial charge is 0.480 e. The summed E-state index contributed by atoms with van der Waals surface area (Å²) in [5.41, 5.74) is 0.311. The van der Waals surface area contributed by atoms with Crippen LogP contribution >= 0.6 is 0 Å². The maximum absolute atomic E-state index is 12.9. The van der Waals surface area contributed by atoms with E-state index in [-0.39, 0.29) is 11.9 Å². The van der Waals surface area contributed by atoms with E-state index in [4.69, 9.17) is 0 Å². The first-order valence-corrected chi connectivity index (χ1v) is 6.86. The van der Waals surface area contributed by atoms with Crippen LogP contribution in [0, 0.1) is 5.82 Å². The number of aliphatic carboxylic acids is 1. The van der Waals surface area contributed by atoms with Gasteiger partial charge in [-0.05, 0) is 51.2 Å². The van der Waals surface area contributed by atoms with Crippen LogP contribution in [0.5, 0.6) is 0 Å². The van der Waals surface area contributed by atoms with Crippen LogP contribution in [0.3, 0.4) is 0 Å². The molecule has 0 aliphatic carbocycles. The molecule has 0 unspecified atom stereocenters. The lowest BCUT2D eigenvalue weighted by Gasteiger charge is -2.39. The van der Waals surface area contributed by atoms with Crippen LogP contribution in [-0.2, 0) is 4.79 Å². The fourth-order valence-electron chi connectivity index (χ4n) is 2.65. The molecule has 0 saturated carbocycles. The zero-order chi connectivity index (χ0) is 15.6. The molecule has 2 atom stereocenters. The van der Waals surface area contributed by atoms with Gasteiger partial charge in [0.1, 0.15) is 11.9 Å². The molecule has 0 aromatic heterocycles. The van der Waals surface area contributed by atoms with Crippen molar-refractivity contribution in [2.45, 2.75) is 24.9 Å². The minimum absolute atomic E-state index is 0.142. The third-order valence-electron chi connectivity index (χ3n) is 3.94. The molecule has 0 spiro atoms. The number of rotatable bonds is 3. The molecule has 5 nitrogen and oxygen atoms in total. The molecule has 6 heteroatoms. The monoisotopic (exact) mass is 294 g/mol. The number of benzene rings is 1. The number of halogens is 1. The van der Waals surface area contributed by atoms with Gasteiger partial charge in [-0.25, -0.2) is 9.18 Å². The van der Waals surface area contributed by atoms with Gasteiger partial charge in [0.15, 0.2) is 0 Å². The van der Waals surface area contributed by atoms with Gasteiger partial charge in [-0.1, -0.05) is 0 Å². The quantitative estimate of drug-likeness (QED) is 0.916. The fourth-order valence-corrected chi connectivity index (χ4v) is 2.65. The van der Waals surface area contributed by atoms with Gasteiger partial charge in [0, 0.05) is 18.2 Å². The van der Waals surface area contributed by atoms with E-state index < -0.39 is 17.8 Å². The van der Waals surface area contributed by atoms with E-state index >= 15 is 0 Å². The molecule has 1 heterocycles. The number of likely N-dealkylation sites (tertiary alicyclic amines) is 1. The molecule has 2 rings (SSSR count). The number of nitrogens with zero attached hydrogens (tertiary/aromatic N) is 2. The topological polar surface area (TPSA) is 60.9 Å². The van der Waals surface area contributed by atoms with Crippen molar-refractivity contribution in [3.05, 3.63) is 35.6 Å². The number of hydrogen-bond donors (Lipinski definition) is 1. The van der Waals surface area contributed by atoms with Gasteiger partial charge < -0.3 is 14.9 Å². The van der Waals surface area contributed by atoms with Gasteiger partial charge in [0.25, 0.3) is 5.91 Å². The highest BCUT2D eigenvalue weighted by molar-refractivity contribution is 5.96. The van der Waals surface area contributed by atoms with Gasteiger partial charge >= 0.3 is 5.97 Å². The fraction of sp³-hybridized carbons (Fsp3) is 0.467. The summed E-state index contributed by atoms with van der Waals surface area (Å²) in [6.45, 7) is 0.385. The Morgan fingerprint density at radius 2 is 1.90 bits per heavy atom. The molecule has 1 N–H and O–H groups in total. The van der Waals surface area contributed by atoms with Gasteiger partial charge in [0.2, 0.25) is 0 Å². The van der Waals surface area contributed by atoms with Crippen molar-refractivity contribution in [1.29, 1.82) is 0 Å². The molecule has 1 aromatic rings. The van der Waals surface area contributed by atoms with Gasteiger partial charge in [-0.2, -0.15) is 0 Å². The summed E-state index contributed by atoms with van der Waals surface area (Å²) in [4.78, 5) is 27.2. The Bertz CT molecular complexity index is 530. The van der Waals surface area contributed by atoms with Gasteiger partial charge in [-0.15, -0.1) is 0 Å². The average Bonchev–Trinajstić information content (AvgIpc) is 2.46. The highest BCUT2D eigenvalue weighted by Crippen LogP contribution is 2.23. The van der Waals surface area contributed by atoms with Crippen molar-refractivity contribution in [3.63, 3.8) is 0 Å². The minimum atomic E-state index is -1.00. The normalized spacial score (nSPS) is 22.4. The summed E-state index contributed by atoms with van der Waals surface area (Å²) in [5, 5.41) is 9.38. The van der Waals surface area contributed by atoms with Crippen LogP contribution in [0.4, 0.5) is 4.39 Å². The molecule has 1 saturated heterocycles. The van der Waals surface area contributed by atoms with E-state index in [9.17, 15) is 19.1 Å². The third-order valence-corrected chi connectivity index (χ3v) is 3.94. The van der Waals surface area contributed by atoms with Crippen LogP contribution in [0.25, 0.3) is 0 Å². The van der Waals surface area contributed by atoms with E-state index in [1.165, 1.54) is 29.2 Å². The molecule has 21 heavy (non-hydrogen) atoms. The second-order valence-corrected chi connectivity index (χ2v) is 5.50. The minimum Gasteiger partial charge on any atom is -0.480 e. The highest BCUT2D eigenvalue weighted by Gasteiger charge is 2.37. The molecule has 1 aliphatic heterocycles. The maximum atomic E-state index is 12.9. The highest BCUT2D eigenvalue weighted by atomic mass is 19.1. The maximum Gasteiger partial charge on any atom is 0.326 e. The number of carboxylic acids is 1. The zero-order valence-corrected chi connectivity index (χ0v) is 12.1. The van der Waals surface area contributed by atoms with E-state index in [0.717, 1.165) is 6.42 Å². The Kier molecular flexibility index (Phi) is 4.57. The summed E-state index contributed by atoms with van der Waals surface area (Å²) >= 11 is 0. The molecule has 1 aromatic carbocycles. The van der Waals surface area contributed by atoms with Gasteiger partial charge in [0.05, 0.1) is 0 Å². The van der Waals surface area contributed by atoms with Crippen LogP contribution in [0.1, 0.15) is 23.2 Å². The Morgan fingerprint density at radius 1 is 1.29 bits per heavy atom. The molecule has 1 aliphatic rings. The van der Waals surface area contributed by atoms with E-state index in [1.807, 2.05) is 19.0 Å². The summed E-state index contributed by atoms with van der Waals surface area (Å²) in [6.07, 6.45) is 1.12. The number of piperidine rings is 1. The third kappa shape index (κ3) is 3.39. The van der Waals surface area contributed by atoms with E-state index in [2.05, 4.69) is 0 Å². The Morgan fingerprint density at radius 3 is 2.43 bits per heavy atom. The number of carbonyl (C=O) groups excluding carboxylic acids is 1. The lowest BCUT2D eigenvalue weighted by atomic mass is 9.95. The van der Waals surface area contributed by atoms with Gasteiger partial charge in [-0.3, -0.25) is 4.79 Å². The van der Waals surface area contributed by atoms with Crippen molar-refractivity contribution < 1.29 is 19.1 Å². The van der Waals surface area contributed by atoms with Crippen molar-refractivity contribution in [2.24, 2.45) is 0 Å². The first kappa shape index (κ1) is 15.4. The van der Waals surface area contributed by atoms with Crippen molar-refractivity contribution >= 4 is 11.9 Å². The molecular formula is C15H19FN2O3. The summed E-state index contributed by atoms with van der Waals surface area (Å²) in [7, 11) is 3.81. The number of amides is 1. The lowest BCUT2D eigenvalue weighted by molar-refractivity contribution is -0.144. The summed E-state index contributed by atoms with van der Waals surface area (Å²) in [5.74, 6) is -1.79. The molecule has 0 radical (unpaired) electrons. The zero-order valence-electron chi connectivity index (χ0n) is 12.1. The second-order valence-electron chi connectivity index (χ2n) is 5.50. The molecule has 0 bridgehead atoms. The second kappa shape index (κ2) is 6.22. The Hall–Kier alpha value is -1.95. The molecule has 1 fully saturated rings. The van der Waals surface area contributed by atoms with Crippen molar-refractivity contribution in [1.82, 2.24) is 9.80 Å². The average molecular weight is 294 g/mol. The van der Waals surface area contributed by atoms with Crippen LogP contribution in [-0.4, -0.2) is 59.5 Å². The van der Waals surface area contributed by atoms with Crippen molar-refractivity contribution in [3.8, 4) is 0 Å². The molecule has 1 amide bonds. The van der Waals surface area contributed by atoms with Crippen LogP contribution < -0.4 is 0 Å². The van der Waals surface area contributed by atoms with Crippen molar-refractivity contribution in [2.75, 3.05) is 20.6 Å². The SMILES string of the molecule is CN(C)[C@H]1CCN(C(=O)c2ccc(F)cc2)[C@@H](C(=O)O)C1. The summed E-state index contributed by atoms with van der Waals surface area (Å²) < 4.78 is 12.9. The number of carbonyl (C=O) groups is 2. The van der Waals surface area contributed by atoms with E-state index in [1.54, 1.807) is 0 Å². The number of carboxylic acid groups (broad SMARTS) is 1. The van der Waals surface area contributed by atoms with Crippen LogP contribution in [0.15, 0.2) is 24.3 Å². The molecule has 114 valence electrons. The predicted octanol–water partition coefficient (Wildman–Crippen LogP) is 1.45. The lowest BCUT2D eigenvalue weighted by Crippen LogP contribution is -2.53. The number of hydrogen-bond acceptors (Lipinski definition) is 3. The Balaban J connectivity index is 2.19. The van der Waals surface area contributed by atoms with E-state index in [0.29, 0.717) is 18.5 Å². The standard InChI is InChI=1S/C15H19FN2O3/c1-17(2)12-7-8-18(13(9-12)15(20)21)14(19)10-3-5-11(16)6-4-10/h3-6,12-13H,7-9H2,1-2H3,(H,20,21)/t12-,13+/m0/s1.